The first-order valence-corrected chi connectivity index (χ1v) is 13.9. The largest absolute Gasteiger partial charge is 0.309 e. The van der Waals surface area contributed by atoms with Gasteiger partial charge in [0.25, 0.3) is 0 Å². The lowest BCUT2D eigenvalue weighted by Gasteiger charge is -2.11. The quantitative estimate of drug-likeness (QED) is 0.204. The minimum Gasteiger partial charge on any atom is -0.309 e. The van der Waals surface area contributed by atoms with Gasteiger partial charge in [-0.05, 0) is 82.6 Å². The monoisotopic (exact) mass is 523 g/mol. The molecule has 0 bridgehead atoms. The molecular formula is C36H21N5. The lowest BCUT2D eigenvalue weighted by molar-refractivity contribution is 1.18. The summed E-state index contributed by atoms with van der Waals surface area (Å²) in [5.41, 5.74) is 12.6. The van der Waals surface area contributed by atoms with Gasteiger partial charge < -0.3 is 4.57 Å². The number of nitrogens with zero attached hydrogens (tertiary/aromatic N) is 5. The Balaban J connectivity index is 1.48. The van der Waals surface area contributed by atoms with E-state index < -0.39 is 0 Å². The van der Waals surface area contributed by atoms with E-state index in [2.05, 4.69) is 110 Å². The summed E-state index contributed by atoms with van der Waals surface area (Å²) in [7, 11) is 0. The summed E-state index contributed by atoms with van der Waals surface area (Å²) in [5.74, 6) is 0. The number of hydrogen-bond donors (Lipinski definition) is 0. The number of pyridine rings is 3. The molecule has 0 atom stereocenters. The first-order chi connectivity index (χ1) is 20.3. The molecule has 0 unspecified atom stereocenters. The maximum Gasteiger partial charge on any atom is 0.178 e. The molecule has 41 heavy (non-hydrogen) atoms. The van der Waals surface area contributed by atoms with Gasteiger partial charge in [0.05, 0.1) is 28.3 Å². The molecule has 5 heteroatoms. The number of fused-ring (bicyclic) bond motifs is 15. The Kier molecular flexibility index (Phi) is 3.92. The molecule has 1 aliphatic carbocycles. The summed E-state index contributed by atoms with van der Waals surface area (Å²) in [4.78, 5) is 14.3. The van der Waals surface area contributed by atoms with E-state index in [4.69, 9.17) is 4.98 Å². The van der Waals surface area contributed by atoms with E-state index in [1.54, 1.807) is 0 Å². The number of benzene rings is 4. The Hall–Kier alpha value is -5.55. The SMILES string of the molecule is c1ccc(-n2c3cc4c(cc3c3c5c(ccc32)c2ccncc2n2c3cccnc3nc52)Cc2ccccc2-4)cc1. The van der Waals surface area contributed by atoms with Gasteiger partial charge in [-0.3, -0.25) is 9.38 Å². The summed E-state index contributed by atoms with van der Waals surface area (Å²) >= 11 is 0. The average Bonchev–Trinajstić information content (AvgIpc) is 3.69. The molecule has 4 aromatic carbocycles. The van der Waals surface area contributed by atoms with Crippen molar-refractivity contribution in [2.24, 2.45) is 0 Å². The third kappa shape index (κ3) is 2.68. The Morgan fingerprint density at radius 2 is 1.49 bits per heavy atom. The van der Waals surface area contributed by atoms with Crippen LogP contribution in [0.3, 0.4) is 0 Å². The van der Waals surface area contributed by atoms with Crippen molar-refractivity contribution in [1.82, 2.24) is 23.9 Å². The van der Waals surface area contributed by atoms with E-state index in [9.17, 15) is 0 Å². The van der Waals surface area contributed by atoms with Gasteiger partial charge in [-0.15, -0.1) is 0 Å². The fourth-order valence-corrected chi connectivity index (χ4v) is 7.17. The summed E-state index contributed by atoms with van der Waals surface area (Å²) in [6.07, 6.45) is 6.59. The van der Waals surface area contributed by atoms with Crippen LogP contribution in [-0.4, -0.2) is 23.9 Å². The van der Waals surface area contributed by atoms with Crippen LogP contribution in [0.5, 0.6) is 0 Å². The Labute approximate surface area is 234 Å². The van der Waals surface area contributed by atoms with Gasteiger partial charge in [0, 0.05) is 39.6 Å². The molecule has 5 nitrogen and oxygen atoms in total. The fourth-order valence-electron chi connectivity index (χ4n) is 7.17. The summed E-state index contributed by atoms with van der Waals surface area (Å²) in [6.45, 7) is 0. The molecule has 190 valence electrons. The van der Waals surface area contributed by atoms with Gasteiger partial charge in [0.1, 0.15) is 5.65 Å². The zero-order chi connectivity index (χ0) is 26.7. The van der Waals surface area contributed by atoms with Crippen LogP contribution in [0, 0.1) is 0 Å². The minimum atomic E-state index is 0.741. The Morgan fingerprint density at radius 1 is 0.585 bits per heavy atom. The normalized spacial score (nSPS) is 12.8. The number of para-hydroxylation sites is 1. The third-order valence-electron chi connectivity index (χ3n) is 8.84. The van der Waals surface area contributed by atoms with E-state index in [1.807, 2.05) is 24.7 Å². The number of imidazole rings is 1. The lowest BCUT2D eigenvalue weighted by Crippen LogP contribution is -1.95. The molecule has 0 spiro atoms. The predicted octanol–water partition coefficient (Wildman–Crippen LogP) is 8.25. The number of rotatable bonds is 1. The van der Waals surface area contributed by atoms with Crippen molar-refractivity contribution < 1.29 is 0 Å². The van der Waals surface area contributed by atoms with Crippen LogP contribution in [0.25, 0.3) is 77.1 Å². The standard InChI is InChI=1S/C36H21N5/c1-2-8-23(9-3-1)40-29-13-12-26-25-14-16-37-20-32(25)41-30-11-6-15-38-35(30)39-36(41)34(26)33(29)28-18-22-17-21-7-4-5-10-24(21)27(22)19-31(28)40/h1-16,18-20H,17H2. The van der Waals surface area contributed by atoms with Gasteiger partial charge in [-0.1, -0.05) is 48.5 Å². The minimum absolute atomic E-state index is 0.741. The van der Waals surface area contributed by atoms with Crippen LogP contribution in [0.2, 0.25) is 0 Å². The molecule has 0 amide bonds. The first-order valence-electron chi connectivity index (χ1n) is 13.9. The molecule has 0 aliphatic heterocycles. The highest BCUT2D eigenvalue weighted by Crippen LogP contribution is 2.45. The van der Waals surface area contributed by atoms with Crippen LogP contribution in [0.15, 0.2) is 116 Å². The molecule has 0 saturated heterocycles. The Bertz CT molecular complexity index is 2550. The van der Waals surface area contributed by atoms with Crippen molar-refractivity contribution in [3.8, 4) is 16.8 Å². The first kappa shape index (κ1) is 21.3. The summed E-state index contributed by atoms with van der Waals surface area (Å²) in [6, 6.07) is 35.1. The zero-order valence-electron chi connectivity index (χ0n) is 21.9. The zero-order valence-corrected chi connectivity index (χ0v) is 21.9. The van der Waals surface area contributed by atoms with Crippen LogP contribution in [0.1, 0.15) is 11.1 Å². The number of aromatic nitrogens is 5. The molecule has 0 N–H and O–H groups in total. The van der Waals surface area contributed by atoms with Crippen LogP contribution in [0.4, 0.5) is 0 Å². The van der Waals surface area contributed by atoms with Gasteiger partial charge in [0.15, 0.2) is 5.65 Å². The van der Waals surface area contributed by atoms with Crippen molar-refractivity contribution in [2.45, 2.75) is 6.42 Å². The van der Waals surface area contributed by atoms with Crippen LogP contribution in [-0.2, 0) is 6.42 Å². The molecule has 0 saturated carbocycles. The highest BCUT2D eigenvalue weighted by Gasteiger charge is 2.25. The van der Waals surface area contributed by atoms with E-state index in [0.29, 0.717) is 0 Å². The van der Waals surface area contributed by atoms with Gasteiger partial charge in [-0.25, -0.2) is 9.97 Å². The topological polar surface area (TPSA) is 48.0 Å². The van der Waals surface area contributed by atoms with Crippen molar-refractivity contribution in [1.29, 1.82) is 0 Å². The summed E-state index contributed by atoms with van der Waals surface area (Å²) < 4.78 is 4.65. The van der Waals surface area contributed by atoms with Crippen molar-refractivity contribution in [3.05, 3.63) is 127 Å². The number of hydrogen-bond acceptors (Lipinski definition) is 3. The highest BCUT2D eigenvalue weighted by atomic mass is 15.1. The van der Waals surface area contributed by atoms with Gasteiger partial charge in [-0.2, -0.15) is 0 Å². The molecule has 10 rings (SSSR count). The fraction of sp³-hybridized carbons (Fsp3) is 0.0278. The summed E-state index contributed by atoms with van der Waals surface area (Å²) in [5, 5.41) is 5.94. The van der Waals surface area contributed by atoms with E-state index >= 15 is 0 Å². The Morgan fingerprint density at radius 3 is 2.44 bits per heavy atom. The van der Waals surface area contributed by atoms with Crippen molar-refractivity contribution in [3.63, 3.8) is 0 Å². The maximum absolute atomic E-state index is 5.15. The molecule has 0 radical (unpaired) electrons. The second-order valence-electron chi connectivity index (χ2n) is 10.9. The predicted molar refractivity (Wildman–Crippen MR) is 166 cm³/mol. The smallest absolute Gasteiger partial charge is 0.178 e. The van der Waals surface area contributed by atoms with Crippen LogP contribution >= 0.6 is 0 Å². The average molecular weight is 524 g/mol. The molecule has 9 aromatic rings. The molecule has 0 fully saturated rings. The van der Waals surface area contributed by atoms with Gasteiger partial charge in [0.2, 0.25) is 0 Å². The van der Waals surface area contributed by atoms with E-state index in [0.717, 1.165) is 45.2 Å². The van der Waals surface area contributed by atoms with E-state index in [1.165, 1.54) is 49.4 Å². The second kappa shape index (κ2) is 7.55. The lowest BCUT2D eigenvalue weighted by atomic mass is 9.99. The highest BCUT2D eigenvalue weighted by molar-refractivity contribution is 6.29. The van der Waals surface area contributed by atoms with Crippen LogP contribution < -0.4 is 0 Å². The molecule has 1 aliphatic rings. The molecule has 5 aromatic heterocycles. The molecule has 5 heterocycles. The second-order valence-corrected chi connectivity index (χ2v) is 10.9. The van der Waals surface area contributed by atoms with E-state index in [-0.39, 0.29) is 0 Å². The van der Waals surface area contributed by atoms with Crippen molar-refractivity contribution >= 4 is 60.3 Å². The maximum atomic E-state index is 5.15. The van der Waals surface area contributed by atoms with Gasteiger partial charge >= 0.3 is 0 Å². The molecular weight excluding hydrogens is 502 g/mol. The van der Waals surface area contributed by atoms with Crippen molar-refractivity contribution in [2.75, 3.05) is 0 Å². The third-order valence-corrected chi connectivity index (χ3v) is 8.84.